The molecule has 196 valence electrons. The normalized spacial score (nSPS) is 46.6. The maximum absolute atomic E-state index is 13.9. The highest BCUT2D eigenvalue weighted by molar-refractivity contribution is 6.70. The van der Waals surface area contributed by atoms with E-state index in [0.29, 0.717) is 12.5 Å². The van der Waals surface area contributed by atoms with Crippen LogP contribution in [0.5, 0.6) is 0 Å². The summed E-state index contributed by atoms with van der Waals surface area (Å²) in [4.78, 5) is 27.6. The van der Waals surface area contributed by atoms with Crippen molar-refractivity contribution < 1.29 is 27.9 Å². The van der Waals surface area contributed by atoms with Crippen LogP contribution in [0.15, 0.2) is 12.2 Å². The van der Waals surface area contributed by atoms with E-state index in [0.717, 1.165) is 32.1 Å². The predicted octanol–water partition coefficient (Wildman–Crippen LogP) is 5.16. The molecule has 4 saturated carbocycles. The van der Waals surface area contributed by atoms with E-state index in [-0.39, 0.29) is 46.6 Å². The summed E-state index contributed by atoms with van der Waals surface area (Å²) < 4.78 is 25.4. The number of allylic oxidation sites excluding steroid dienone is 1. The molecule has 0 amide bonds. The molecule has 5 fully saturated rings. The van der Waals surface area contributed by atoms with Crippen LogP contribution in [-0.4, -0.2) is 54.5 Å². The molecule has 9 atom stereocenters. The van der Waals surface area contributed by atoms with Crippen LogP contribution in [-0.2, 0) is 27.9 Å². The summed E-state index contributed by atoms with van der Waals surface area (Å²) in [7, 11) is -2.53. The zero-order chi connectivity index (χ0) is 25.8. The van der Waals surface area contributed by atoms with Gasteiger partial charge in [0.05, 0.1) is 37.3 Å². The van der Waals surface area contributed by atoms with Gasteiger partial charge in [-0.3, -0.25) is 9.59 Å². The van der Waals surface area contributed by atoms with Gasteiger partial charge in [-0.25, -0.2) is 0 Å². The molecule has 6 nitrogen and oxygen atoms in total. The molecule has 4 aliphatic carbocycles. The minimum atomic E-state index is -2.07. The molecule has 0 aromatic rings. The van der Waals surface area contributed by atoms with Crippen molar-refractivity contribution in [1.82, 2.24) is 0 Å². The molecule has 1 aliphatic heterocycles. The van der Waals surface area contributed by atoms with Gasteiger partial charge >= 0.3 is 11.9 Å². The molecule has 0 radical (unpaired) electrons. The number of hydrogen-bond acceptors (Lipinski definition) is 6. The largest absolute Gasteiger partial charge is 0.469 e. The van der Waals surface area contributed by atoms with Crippen LogP contribution in [0.1, 0.15) is 39.0 Å². The molecule has 4 bridgehead atoms. The molecule has 0 aromatic carbocycles. The summed E-state index contributed by atoms with van der Waals surface area (Å²) in [5.41, 5.74) is -0.218. The highest BCUT2D eigenvalue weighted by Gasteiger charge is 2.81. The Morgan fingerprint density at radius 1 is 1.03 bits per heavy atom. The van der Waals surface area contributed by atoms with Gasteiger partial charge in [0.15, 0.2) is 16.6 Å². The van der Waals surface area contributed by atoms with E-state index in [1.165, 1.54) is 12.7 Å². The number of methoxy groups -OCH3 is 1. The number of cyclic esters (lactones) is 1. The zero-order valence-corrected chi connectivity index (χ0v) is 24.9. The zero-order valence-electron chi connectivity index (χ0n) is 22.9. The van der Waals surface area contributed by atoms with Crippen LogP contribution in [0.25, 0.3) is 0 Å². The average Bonchev–Trinajstić information content (AvgIpc) is 3.13. The lowest BCUT2D eigenvalue weighted by Gasteiger charge is -2.61. The standard InChI is InChI=1S/C27H44O6Si2/c1-16-12-26-13-17(16)10-11-19(26)27-14-18(32-34(4,5)6)22(33-35(7,8)9)25(2,24(29)31-15-27)21(27)20(26)23(28)30-3/h17-22H,1,10-15H2,2-9H3/t17-,18+,19?,20-,21?,22+,25?,26+,27-/m1/s1. The van der Waals surface area contributed by atoms with Gasteiger partial charge in [0, 0.05) is 11.3 Å². The van der Waals surface area contributed by atoms with Crippen molar-refractivity contribution in [3.05, 3.63) is 12.2 Å². The Hall–Kier alpha value is -0.966. The predicted molar refractivity (Wildman–Crippen MR) is 139 cm³/mol. The first-order valence-electron chi connectivity index (χ1n) is 13.4. The SMILES string of the molecule is C=C1C[C@]23C[C@H]1CCC2[C@@]12COC(=O)C(C)(C1[C@@H]3C(=O)OC)[C@@H](O[Si](C)(C)C)[C@@H](O[Si](C)(C)C)C2. The van der Waals surface area contributed by atoms with Crippen molar-refractivity contribution in [2.75, 3.05) is 13.7 Å². The van der Waals surface area contributed by atoms with Crippen LogP contribution in [0.3, 0.4) is 0 Å². The second-order valence-corrected chi connectivity index (χ2v) is 23.2. The number of hydrogen-bond donors (Lipinski definition) is 0. The fourth-order valence-electron chi connectivity index (χ4n) is 9.40. The average molecular weight is 521 g/mol. The lowest BCUT2D eigenvalue weighted by Crippen LogP contribution is -2.70. The van der Waals surface area contributed by atoms with E-state index in [9.17, 15) is 9.59 Å². The van der Waals surface area contributed by atoms with E-state index >= 15 is 0 Å². The summed E-state index contributed by atoms with van der Waals surface area (Å²) in [6, 6.07) is 0. The second-order valence-electron chi connectivity index (χ2n) is 14.3. The molecular weight excluding hydrogens is 476 g/mol. The Balaban J connectivity index is 1.73. The van der Waals surface area contributed by atoms with E-state index in [1.807, 2.05) is 6.92 Å². The van der Waals surface area contributed by atoms with Gasteiger partial charge in [-0.05, 0) is 95.6 Å². The van der Waals surface area contributed by atoms with Gasteiger partial charge in [0.2, 0.25) is 0 Å². The van der Waals surface area contributed by atoms with Gasteiger partial charge in [0.1, 0.15) is 0 Å². The highest BCUT2D eigenvalue weighted by atomic mass is 28.4. The van der Waals surface area contributed by atoms with Gasteiger partial charge in [-0.1, -0.05) is 12.2 Å². The van der Waals surface area contributed by atoms with Crippen LogP contribution >= 0.6 is 0 Å². The third-order valence-corrected chi connectivity index (χ3v) is 12.0. The number of ether oxygens (including phenoxy) is 2. The van der Waals surface area contributed by atoms with E-state index in [4.69, 9.17) is 18.3 Å². The summed E-state index contributed by atoms with van der Waals surface area (Å²) in [6.07, 6.45) is 4.13. The third kappa shape index (κ3) is 3.52. The van der Waals surface area contributed by atoms with Crippen molar-refractivity contribution in [2.45, 2.75) is 90.5 Å². The Morgan fingerprint density at radius 3 is 2.29 bits per heavy atom. The molecule has 1 heterocycles. The Kier molecular flexibility index (Phi) is 5.70. The fourth-order valence-corrected chi connectivity index (χ4v) is 11.7. The van der Waals surface area contributed by atoms with Crippen molar-refractivity contribution in [3.63, 3.8) is 0 Å². The topological polar surface area (TPSA) is 71.1 Å². The minimum absolute atomic E-state index is 0.172. The number of carbonyl (C=O) groups excluding carboxylic acids is 2. The third-order valence-electron chi connectivity index (χ3n) is 10.0. The maximum atomic E-state index is 13.9. The molecule has 35 heavy (non-hydrogen) atoms. The monoisotopic (exact) mass is 520 g/mol. The minimum Gasteiger partial charge on any atom is -0.469 e. The van der Waals surface area contributed by atoms with Crippen molar-refractivity contribution in [3.8, 4) is 0 Å². The summed E-state index contributed by atoms with van der Waals surface area (Å²) >= 11 is 0. The first-order valence-corrected chi connectivity index (χ1v) is 20.2. The molecule has 5 aliphatic rings. The molecule has 5 rings (SSSR count). The highest BCUT2D eigenvalue weighted by Crippen LogP contribution is 2.79. The number of rotatable bonds is 5. The summed E-state index contributed by atoms with van der Waals surface area (Å²) in [5, 5.41) is 0. The number of esters is 2. The van der Waals surface area contributed by atoms with Crippen LogP contribution < -0.4 is 0 Å². The van der Waals surface area contributed by atoms with E-state index < -0.39 is 28.2 Å². The first-order chi connectivity index (χ1) is 16.1. The number of carbonyl (C=O) groups is 2. The van der Waals surface area contributed by atoms with Crippen molar-refractivity contribution >= 4 is 28.6 Å². The fraction of sp³-hybridized carbons (Fsp3) is 0.852. The summed E-state index contributed by atoms with van der Waals surface area (Å²) in [5.74, 6) is -0.189. The molecule has 1 spiro atoms. The molecular formula is C27H44O6Si2. The lowest BCUT2D eigenvalue weighted by molar-refractivity contribution is -0.236. The molecule has 1 saturated heterocycles. The van der Waals surface area contributed by atoms with Gasteiger partial charge in [-0.2, -0.15) is 0 Å². The Bertz CT molecular complexity index is 952. The van der Waals surface area contributed by atoms with E-state index in [2.05, 4.69) is 45.9 Å². The van der Waals surface area contributed by atoms with Crippen LogP contribution in [0.2, 0.25) is 39.3 Å². The quantitative estimate of drug-likeness (QED) is 0.283. The molecule has 8 heteroatoms. The van der Waals surface area contributed by atoms with Crippen LogP contribution in [0, 0.1) is 39.9 Å². The molecule has 3 unspecified atom stereocenters. The van der Waals surface area contributed by atoms with Gasteiger partial charge in [0.25, 0.3) is 0 Å². The van der Waals surface area contributed by atoms with Crippen molar-refractivity contribution in [1.29, 1.82) is 0 Å². The molecule has 0 aromatic heterocycles. The Labute approximate surface area is 212 Å². The van der Waals surface area contributed by atoms with Crippen molar-refractivity contribution in [2.24, 2.45) is 39.9 Å². The smallest absolute Gasteiger partial charge is 0.314 e. The number of fused-ring (bicyclic) bond motifs is 1. The maximum Gasteiger partial charge on any atom is 0.314 e. The Morgan fingerprint density at radius 2 is 1.69 bits per heavy atom. The first kappa shape index (κ1) is 25.7. The lowest BCUT2D eigenvalue weighted by atomic mass is 9.49. The van der Waals surface area contributed by atoms with Gasteiger partial charge < -0.3 is 18.3 Å². The van der Waals surface area contributed by atoms with Gasteiger partial charge in [-0.15, -0.1) is 0 Å². The van der Waals surface area contributed by atoms with E-state index in [1.54, 1.807) is 0 Å². The second kappa shape index (κ2) is 7.77. The van der Waals surface area contributed by atoms with Crippen LogP contribution in [0.4, 0.5) is 0 Å². The summed E-state index contributed by atoms with van der Waals surface area (Å²) in [6.45, 7) is 19.9. The molecule has 0 N–H and O–H groups in total.